The zero-order chi connectivity index (χ0) is 20.6. The predicted molar refractivity (Wildman–Crippen MR) is 109 cm³/mol. The molecule has 0 bridgehead atoms. The second-order valence-electron chi connectivity index (χ2n) is 7.64. The topological polar surface area (TPSA) is 133 Å². The van der Waals surface area contributed by atoms with Crippen molar-refractivity contribution in [3.8, 4) is 0 Å². The van der Waals surface area contributed by atoms with Crippen LogP contribution in [0.2, 0.25) is 0 Å². The predicted octanol–water partition coefficient (Wildman–Crippen LogP) is 0.212. The first-order valence-electron chi connectivity index (χ1n) is 9.47. The van der Waals surface area contributed by atoms with Crippen LogP contribution in [0.1, 0.15) is 26.7 Å². The number of fused-ring (bicyclic) bond motifs is 1. The van der Waals surface area contributed by atoms with Gasteiger partial charge in [-0.25, -0.2) is 4.79 Å². The molecule has 2 saturated heterocycles. The van der Waals surface area contributed by atoms with Crippen molar-refractivity contribution in [3.05, 3.63) is 10.6 Å². The zero-order valence-electron chi connectivity index (χ0n) is 16.0. The van der Waals surface area contributed by atoms with E-state index in [0.29, 0.717) is 18.2 Å². The molecule has 2 amide bonds. The second-order valence-corrected chi connectivity index (χ2v) is 10.1. The van der Waals surface area contributed by atoms with E-state index in [-0.39, 0.29) is 34.7 Å². The Hall–Kier alpha value is -1.23. The van der Waals surface area contributed by atoms with Crippen LogP contribution in [-0.2, 0) is 14.4 Å². The number of thioether (sulfide) groups is 2. The third-order valence-corrected chi connectivity index (χ3v) is 8.24. The summed E-state index contributed by atoms with van der Waals surface area (Å²) >= 11 is 3.23. The maximum Gasteiger partial charge on any atom is 0.353 e. The Balaban J connectivity index is 1.61. The average Bonchev–Trinajstić information content (AvgIpc) is 3.14. The molecule has 6 atom stereocenters. The summed E-state index contributed by atoms with van der Waals surface area (Å²) in [5, 5.41) is 23.3. The Labute approximate surface area is 172 Å². The van der Waals surface area contributed by atoms with E-state index in [0.717, 1.165) is 23.6 Å². The van der Waals surface area contributed by atoms with Crippen molar-refractivity contribution >= 4 is 41.3 Å². The maximum atomic E-state index is 12.4. The van der Waals surface area contributed by atoms with Gasteiger partial charge in [-0.2, -0.15) is 11.8 Å². The van der Waals surface area contributed by atoms with Gasteiger partial charge < -0.3 is 26.2 Å². The summed E-state index contributed by atoms with van der Waals surface area (Å²) < 4.78 is 0. The highest BCUT2D eigenvalue weighted by Gasteiger charge is 2.60. The summed E-state index contributed by atoms with van der Waals surface area (Å²) in [7, 11) is 0. The number of hydrogen-bond donors (Lipinski definition) is 4. The molecule has 3 rings (SSSR count). The number of rotatable bonds is 9. The van der Waals surface area contributed by atoms with Gasteiger partial charge in [0, 0.05) is 46.6 Å². The average molecular weight is 430 g/mol. The standard InChI is InChI=1S/C18H27N3O5S2/c1-8-14-13(9(2)22)17(24)21(14)15(18(25)26)16(8)28-11-5-10(20-6-11)7-27-4-3-12(19)23/h8-11,13-14,20,22H,3-7H2,1-2H3,(H2,19,23)(H,25,26)/t8-,9?,10+,11?,13?,14?/m1/s1. The Morgan fingerprint density at radius 2 is 2.14 bits per heavy atom. The number of nitrogens with zero attached hydrogens (tertiary/aromatic N) is 1. The number of carbonyl (C=O) groups is 3. The van der Waals surface area contributed by atoms with Crippen LogP contribution in [-0.4, -0.2) is 74.4 Å². The molecule has 10 heteroatoms. The van der Waals surface area contributed by atoms with Crippen molar-refractivity contribution in [2.24, 2.45) is 17.6 Å². The number of nitrogens with two attached hydrogens (primary N) is 1. The second kappa shape index (κ2) is 8.64. The van der Waals surface area contributed by atoms with Crippen molar-refractivity contribution in [1.82, 2.24) is 10.2 Å². The van der Waals surface area contributed by atoms with Crippen molar-refractivity contribution < 1.29 is 24.6 Å². The van der Waals surface area contributed by atoms with Crippen LogP contribution in [0, 0.1) is 11.8 Å². The van der Waals surface area contributed by atoms with Gasteiger partial charge in [-0.1, -0.05) is 6.92 Å². The fraction of sp³-hybridized carbons (Fsp3) is 0.722. The number of carbonyl (C=O) groups excluding carboxylic acids is 2. The minimum Gasteiger partial charge on any atom is -0.477 e. The Bertz CT molecular complexity index is 699. The highest BCUT2D eigenvalue weighted by atomic mass is 32.2. The van der Waals surface area contributed by atoms with Crippen molar-refractivity contribution in [2.45, 2.75) is 50.1 Å². The number of carboxylic acid groups (broad SMARTS) is 1. The van der Waals surface area contributed by atoms with Crippen LogP contribution in [0.15, 0.2) is 10.6 Å². The number of hydrogen-bond acceptors (Lipinski definition) is 7. The number of aliphatic hydroxyl groups is 1. The van der Waals surface area contributed by atoms with E-state index >= 15 is 0 Å². The fourth-order valence-electron chi connectivity index (χ4n) is 4.26. The van der Waals surface area contributed by atoms with Crippen LogP contribution in [0.25, 0.3) is 0 Å². The van der Waals surface area contributed by atoms with E-state index in [9.17, 15) is 24.6 Å². The molecule has 156 valence electrons. The molecule has 0 aromatic heterocycles. The van der Waals surface area contributed by atoms with E-state index in [1.54, 1.807) is 30.4 Å². The number of nitrogens with one attached hydrogen (secondary N) is 1. The lowest BCUT2D eigenvalue weighted by atomic mass is 9.79. The van der Waals surface area contributed by atoms with E-state index < -0.39 is 18.0 Å². The first-order valence-corrected chi connectivity index (χ1v) is 11.5. The summed E-state index contributed by atoms with van der Waals surface area (Å²) in [4.78, 5) is 37.1. The molecule has 0 radical (unpaired) electrons. The van der Waals surface area contributed by atoms with Gasteiger partial charge in [0.15, 0.2) is 0 Å². The van der Waals surface area contributed by atoms with Crippen LogP contribution in [0.4, 0.5) is 0 Å². The van der Waals surface area contributed by atoms with Gasteiger partial charge >= 0.3 is 5.97 Å². The molecule has 0 aromatic carbocycles. The lowest BCUT2D eigenvalue weighted by Crippen LogP contribution is -2.63. The van der Waals surface area contributed by atoms with Crippen molar-refractivity contribution in [2.75, 3.05) is 18.1 Å². The molecule has 28 heavy (non-hydrogen) atoms. The Morgan fingerprint density at radius 3 is 2.75 bits per heavy atom. The van der Waals surface area contributed by atoms with Crippen LogP contribution >= 0.6 is 23.5 Å². The molecule has 3 aliphatic heterocycles. The number of aliphatic carboxylic acids is 1. The molecular formula is C18H27N3O5S2. The van der Waals surface area contributed by atoms with E-state index in [1.807, 2.05) is 6.92 Å². The van der Waals surface area contributed by atoms with Gasteiger partial charge in [0.25, 0.3) is 0 Å². The third kappa shape index (κ3) is 4.05. The van der Waals surface area contributed by atoms with Gasteiger partial charge in [-0.15, -0.1) is 11.8 Å². The lowest BCUT2D eigenvalue weighted by Gasteiger charge is -2.46. The van der Waals surface area contributed by atoms with E-state index in [2.05, 4.69) is 5.32 Å². The molecule has 3 aliphatic rings. The Morgan fingerprint density at radius 1 is 1.43 bits per heavy atom. The lowest BCUT2D eigenvalue weighted by molar-refractivity contribution is -0.163. The first kappa shape index (κ1) is 21.5. The molecule has 8 nitrogen and oxygen atoms in total. The summed E-state index contributed by atoms with van der Waals surface area (Å²) in [5.74, 6) is -0.723. The molecule has 0 aromatic rings. The quantitative estimate of drug-likeness (QED) is 0.302. The normalized spacial score (nSPS) is 33.0. The molecule has 0 spiro atoms. The van der Waals surface area contributed by atoms with Gasteiger partial charge in [-0.3, -0.25) is 9.59 Å². The Kier molecular flexibility index (Phi) is 6.63. The van der Waals surface area contributed by atoms with Crippen LogP contribution in [0.5, 0.6) is 0 Å². The largest absolute Gasteiger partial charge is 0.477 e. The number of carboxylic acids is 1. The maximum absolute atomic E-state index is 12.4. The van der Waals surface area contributed by atoms with Gasteiger partial charge in [-0.05, 0) is 13.3 Å². The van der Waals surface area contributed by atoms with Gasteiger partial charge in [0.05, 0.1) is 18.1 Å². The molecule has 3 heterocycles. The van der Waals surface area contributed by atoms with Gasteiger partial charge in [0.1, 0.15) is 5.70 Å². The number of amides is 2. The third-order valence-electron chi connectivity index (χ3n) is 5.60. The highest BCUT2D eigenvalue weighted by Crippen LogP contribution is 2.51. The summed E-state index contributed by atoms with van der Waals surface area (Å²) in [5.41, 5.74) is 5.24. The van der Waals surface area contributed by atoms with Gasteiger partial charge in [0.2, 0.25) is 11.8 Å². The minimum absolute atomic E-state index is 0.0867. The number of primary amides is 1. The molecule has 0 saturated carbocycles. The summed E-state index contributed by atoms with van der Waals surface area (Å²) in [6.07, 6.45) is 0.485. The van der Waals surface area contributed by atoms with Crippen molar-refractivity contribution in [3.63, 3.8) is 0 Å². The highest BCUT2D eigenvalue weighted by molar-refractivity contribution is 8.03. The van der Waals surface area contributed by atoms with E-state index in [1.165, 1.54) is 4.90 Å². The van der Waals surface area contributed by atoms with Crippen LogP contribution < -0.4 is 11.1 Å². The molecule has 4 unspecified atom stereocenters. The molecular weight excluding hydrogens is 402 g/mol. The van der Waals surface area contributed by atoms with Crippen molar-refractivity contribution in [1.29, 1.82) is 0 Å². The van der Waals surface area contributed by atoms with E-state index in [4.69, 9.17) is 5.73 Å². The minimum atomic E-state index is -1.08. The first-order chi connectivity index (χ1) is 13.2. The zero-order valence-corrected chi connectivity index (χ0v) is 17.6. The van der Waals surface area contributed by atoms with Crippen LogP contribution in [0.3, 0.4) is 0 Å². The summed E-state index contributed by atoms with van der Waals surface area (Å²) in [6.45, 7) is 4.30. The SMILES string of the molecule is CC(O)C1C(=O)N2C(C(=O)O)=C(SC3CN[C@H](CSCCC(N)=O)C3)[C@H](C)C12. The molecule has 2 fully saturated rings. The fourth-order valence-corrected chi connectivity index (χ4v) is 6.82. The monoisotopic (exact) mass is 429 g/mol. The smallest absolute Gasteiger partial charge is 0.353 e. The number of β-lactam (4-membered cyclic amide) rings is 1. The number of aliphatic hydroxyl groups excluding tert-OH is 1. The summed E-state index contributed by atoms with van der Waals surface area (Å²) in [6, 6.07) is 0.0421. The molecule has 0 aliphatic carbocycles. The molecule has 5 N–H and O–H groups in total.